The molecule has 0 saturated heterocycles. The zero-order chi connectivity index (χ0) is 10.1. The van der Waals surface area contributed by atoms with E-state index in [1.54, 1.807) is 0 Å². The number of aliphatic imine (C=N–C) groups is 1. The number of nitrogens with zero attached hydrogens (tertiary/aromatic N) is 1. The molecule has 0 radical (unpaired) electrons. The number of carboxylic acid groups (broad SMARTS) is 1. The Bertz CT molecular complexity index is 243. The lowest BCUT2D eigenvalue weighted by molar-refractivity contribution is -0.143. The van der Waals surface area contributed by atoms with E-state index in [-0.39, 0.29) is 6.61 Å². The first-order valence-electron chi connectivity index (χ1n) is 3.82. The van der Waals surface area contributed by atoms with E-state index in [2.05, 4.69) is 10.3 Å². The van der Waals surface area contributed by atoms with Gasteiger partial charge >= 0.3 is 5.97 Å². The summed E-state index contributed by atoms with van der Waals surface area (Å²) >= 11 is 0. The Morgan fingerprint density at radius 3 is 2.85 bits per heavy atom. The van der Waals surface area contributed by atoms with Crippen LogP contribution >= 0.6 is 0 Å². The Labute approximate surface area is 74.9 Å². The number of aliphatic hydroxyl groups excluding tert-OH is 2. The van der Waals surface area contributed by atoms with Gasteiger partial charge in [0.05, 0.1) is 18.5 Å². The van der Waals surface area contributed by atoms with E-state index in [4.69, 9.17) is 10.2 Å². The molecule has 6 nitrogen and oxygen atoms in total. The zero-order valence-electron chi connectivity index (χ0n) is 7.14. The third-order valence-corrected chi connectivity index (χ3v) is 2.16. The maximum absolute atomic E-state index is 10.6. The zero-order valence-corrected chi connectivity index (χ0v) is 7.14. The third kappa shape index (κ3) is 1.63. The normalized spacial score (nSPS) is 38.4. The van der Waals surface area contributed by atoms with Gasteiger partial charge in [0.1, 0.15) is 6.10 Å². The van der Waals surface area contributed by atoms with Crippen molar-refractivity contribution in [1.29, 1.82) is 0 Å². The van der Waals surface area contributed by atoms with E-state index in [1.807, 2.05) is 0 Å². The van der Waals surface area contributed by atoms with Crippen molar-refractivity contribution in [1.82, 2.24) is 5.32 Å². The molecule has 4 N–H and O–H groups in total. The molecule has 6 heteroatoms. The van der Waals surface area contributed by atoms with Crippen LogP contribution < -0.4 is 5.32 Å². The molecule has 0 amide bonds. The summed E-state index contributed by atoms with van der Waals surface area (Å²) in [5.74, 6) is -1.20. The fourth-order valence-electron chi connectivity index (χ4n) is 1.12. The van der Waals surface area contributed by atoms with Crippen LogP contribution in [-0.2, 0) is 4.79 Å². The van der Waals surface area contributed by atoms with E-state index in [9.17, 15) is 9.90 Å². The number of nitrogens with one attached hydrogen (secondary N) is 1. The second-order valence-corrected chi connectivity index (χ2v) is 3.23. The number of rotatable bonds is 2. The molecule has 1 aliphatic rings. The largest absolute Gasteiger partial charge is 0.480 e. The molecule has 0 saturated carbocycles. The maximum Gasteiger partial charge on any atom is 0.331 e. The van der Waals surface area contributed by atoms with Gasteiger partial charge in [-0.15, -0.1) is 0 Å². The number of carboxylic acids is 1. The minimum absolute atomic E-state index is 0.357. The lowest BCUT2D eigenvalue weighted by atomic mass is 9.89. The minimum atomic E-state index is -1.24. The quantitative estimate of drug-likeness (QED) is 0.409. The molecule has 3 atom stereocenters. The fourth-order valence-corrected chi connectivity index (χ4v) is 1.12. The summed E-state index contributed by atoms with van der Waals surface area (Å²) in [5, 5.41) is 29.8. The fraction of sp³-hybridized carbons (Fsp3) is 0.714. The van der Waals surface area contributed by atoms with E-state index >= 15 is 0 Å². The molecule has 13 heavy (non-hydrogen) atoms. The van der Waals surface area contributed by atoms with Gasteiger partial charge in [0.25, 0.3) is 0 Å². The van der Waals surface area contributed by atoms with Gasteiger partial charge in [-0.3, -0.25) is 4.99 Å². The van der Waals surface area contributed by atoms with Crippen LogP contribution in [0.25, 0.3) is 0 Å². The molecule has 0 aromatic heterocycles. The van der Waals surface area contributed by atoms with E-state index < -0.39 is 23.7 Å². The molecule has 1 rings (SSSR count). The Kier molecular flexibility index (Phi) is 2.53. The summed E-state index contributed by atoms with van der Waals surface area (Å²) in [6.45, 7) is 1.17. The molecule has 0 unspecified atom stereocenters. The van der Waals surface area contributed by atoms with Crippen LogP contribution in [0, 0.1) is 0 Å². The average molecular weight is 188 g/mol. The number of aliphatic carboxylic acids is 1. The molecule has 1 aliphatic heterocycles. The highest BCUT2D eigenvalue weighted by Gasteiger charge is 2.42. The Morgan fingerprint density at radius 1 is 1.77 bits per heavy atom. The summed E-state index contributed by atoms with van der Waals surface area (Å²) in [5.41, 5.74) is -1.04. The highest BCUT2D eigenvalue weighted by atomic mass is 16.4. The van der Waals surface area contributed by atoms with Crippen LogP contribution in [0.5, 0.6) is 0 Å². The number of hydrogen-bond acceptors (Lipinski definition) is 5. The van der Waals surface area contributed by atoms with Crippen molar-refractivity contribution in [3.05, 3.63) is 0 Å². The maximum atomic E-state index is 10.6. The van der Waals surface area contributed by atoms with Gasteiger partial charge < -0.3 is 20.6 Å². The van der Waals surface area contributed by atoms with E-state index in [1.165, 1.54) is 13.3 Å². The lowest BCUT2D eigenvalue weighted by Gasteiger charge is -2.37. The van der Waals surface area contributed by atoms with Crippen LogP contribution in [-0.4, -0.2) is 51.9 Å². The van der Waals surface area contributed by atoms with Gasteiger partial charge in [-0.2, -0.15) is 0 Å². The summed E-state index contributed by atoms with van der Waals surface area (Å²) in [6.07, 6.45) is -0.0400. The van der Waals surface area contributed by atoms with E-state index in [0.717, 1.165) is 0 Å². The molecule has 0 fully saturated rings. The van der Waals surface area contributed by atoms with Gasteiger partial charge in [-0.05, 0) is 6.92 Å². The molecule has 0 aromatic carbocycles. The second kappa shape index (κ2) is 3.31. The predicted octanol–water partition coefficient (Wildman–Crippen LogP) is -1.82. The standard InChI is InChI=1S/C7H12N2O4/c1-7(2-10)5(11)4(6(12)13)8-3-9-7/h3-5,10-11H,2H2,1H3,(H,8,9)(H,12,13)/t4-,5-,7-/m1/s1. The van der Waals surface area contributed by atoms with Crippen molar-refractivity contribution in [3.8, 4) is 0 Å². The van der Waals surface area contributed by atoms with Crippen LogP contribution in [0.15, 0.2) is 4.99 Å². The molecule has 74 valence electrons. The molecule has 0 bridgehead atoms. The first-order chi connectivity index (χ1) is 6.01. The highest BCUT2D eigenvalue weighted by Crippen LogP contribution is 2.17. The van der Waals surface area contributed by atoms with Gasteiger partial charge in [-0.1, -0.05) is 0 Å². The van der Waals surface area contributed by atoms with Crippen molar-refractivity contribution in [2.24, 2.45) is 4.99 Å². The number of aliphatic hydroxyl groups is 2. The SMILES string of the molecule is C[C@]1(CO)NC=N[C@@H](C(=O)O)[C@H]1O. The summed E-state index contributed by atoms with van der Waals surface area (Å²) in [4.78, 5) is 14.1. The van der Waals surface area contributed by atoms with Gasteiger partial charge in [0, 0.05) is 0 Å². The van der Waals surface area contributed by atoms with Gasteiger partial charge in [0.15, 0.2) is 6.04 Å². The summed E-state index contributed by atoms with van der Waals surface area (Å²) < 4.78 is 0. The molecule has 0 spiro atoms. The summed E-state index contributed by atoms with van der Waals surface area (Å²) in [6, 6.07) is -1.21. The molecular formula is C7H12N2O4. The smallest absolute Gasteiger partial charge is 0.331 e. The van der Waals surface area contributed by atoms with Crippen LogP contribution in [0.3, 0.4) is 0 Å². The number of hydrogen-bond donors (Lipinski definition) is 4. The van der Waals surface area contributed by atoms with Gasteiger partial charge in [-0.25, -0.2) is 4.79 Å². The monoisotopic (exact) mass is 188 g/mol. The van der Waals surface area contributed by atoms with Crippen molar-refractivity contribution < 1.29 is 20.1 Å². The Hall–Kier alpha value is -1.14. The van der Waals surface area contributed by atoms with Crippen molar-refractivity contribution in [2.45, 2.75) is 24.6 Å². The Balaban J connectivity index is 2.88. The molecule has 0 aromatic rings. The first kappa shape index (κ1) is 9.94. The van der Waals surface area contributed by atoms with Crippen molar-refractivity contribution in [2.75, 3.05) is 6.61 Å². The van der Waals surface area contributed by atoms with Crippen LogP contribution in [0.2, 0.25) is 0 Å². The first-order valence-corrected chi connectivity index (χ1v) is 3.82. The third-order valence-electron chi connectivity index (χ3n) is 2.16. The molecule has 1 heterocycles. The average Bonchev–Trinajstić information content (AvgIpc) is 2.09. The van der Waals surface area contributed by atoms with Crippen LogP contribution in [0.4, 0.5) is 0 Å². The number of carbonyl (C=O) groups is 1. The van der Waals surface area contributed by atoms with Crippen molar-refractivity contribution in [3.63, 3.8) is 0 Å². The lowest BCUT2D eigenvalue weighted by Crippen LogP contribution is -2.62. The highest BCUT2D eigenvalue weighted by molar-refractivity contribution is 5.78. The second-order valence-electron chi connectivity index (χ2n) is 3.23. The topological polar surface area (TPSA) is 102 Å². The minimum Gasteiger partial charge on any atom is -0.480 e. The summed E-state index contributed by atoms with van der Waals surface area (Å²) in [7, 11) is 0. The van der Waals surface area contributed by atoms with Crippen molar-refractivity contribution >= 4 is 12.3 Å². The predicted molar refractivity (Wildman–Crippen MR) is 44.5 cm³/mol. The van der Waals surface area contributed by atoms with Gasteiger partial charge in [0.2, 0.25) is 0 Å². The Morgan fingerprint density at radius 2 is 2.38 bits per heavy atom. The van der Waals surface area contributed by atoms with E-state index in [0.29, 0.717) is 0 Å². The molecule has 0 aliphatic carbocycles. The van der Waals surface area contributed by atoms with Crippen LogP contribution in [0.1, 0.15) is 6.92 Å². The molecular weight excluding hydrogens is 176 g/mol.